The lowest BCUT2D eigenvalue weighted by Gasteiger charge is -2.37. The van der Waals surface area contributed by atoms with Gasteiger partial charge in [-0.25, -0.2) is 4.98 Å². The fraction of sp³-hybridized carbons (Fsp3) is 0.750. The molecule has 2 heterocycles. The zero-order chi connectivity index (χ0) is 15.1. The second kappa shape index (κ2) is 5.44. The molecule has 1 aromatic rings. The van der Waals surface area contributed by atoms with E-state index in [2.05, 4.69) is 28.3 Å². The minimum atomic E-state index is -0.158. The Morgan fingerprint density at radius 2 is 2.14 bits per heavy atom. The number of carbonyl (C=O) groups excluding carboxylic acids is 1. The van der Waals surface area contributed by atoms with Crippen LogP contribution in [0.5, 0.6) is 0 Å². The fourth-order valence-corrected chi connectivity index (χ4v) is 3.21. The van der Waals surface area contributed by atoms with Crippen LogP contribution in [0.1, 0.15) is 50.2 Å². The summed E-state index contributed by atoms with van der Waals surface area (Å²) in [4.78, 5) is 21.5. The van der Waals surface area contributed by atoms with Crippen LogP contribution in [-0.4, -0.2) is 52.4 Å². The van der Waals surface area contributed by atoms with Crippen LogP contribution in [0.2, 0.25) is 0 Å². The lowest BCUT2D eigenvalue weighted by atomic mass is 10.00. The standard InChI is InChI=1S/C16H26N4O/c1-11(2)20-10-17-13-7-8-19(9-12-5-6-12)15(14(13)20)16(21)18(3)4/h10-12,15H,5-9H2,1-4H3/t15-/m1/s1. The average molecular weight is 290 g/mol. The van der Waals surface area contributed by atoms with Gasteiger partial charge in [-0.3, -0.25) is 9.69 Å². The summed E-state index contributed by atoms with van der Waals surface area (Å²) in [6.45, 7) is 6.30. The first-order valence-electron chi connectivity index (χ1n) is 7.99. The van der Waals surface area contributed by atoms with Crippen LogP contribution in [0, 0.1) is 5.92 Å². The highest BCUT2D eigenvalue weighted by Crippen LogP contribution is 2.37. The number of likely N-dealkylation sites (N-methyl/N-ethyl adjacent to an activating group) is 1. The maximum Gasteiger partial charge on any atom is 0.245 e. The van der Waals surface area contributed by atoms with Crippen molar-refractivity contribution >= 4 is 5.91 Å². The first-order valence-corrected chi connectivity index (χ1v) is 7.99. The number of imidazole rings is 1. The molecule has 2 aliphatic rings. The van der Waals surface area contributed by atoms with E-state index in [-0.39, 0.29) is 11.9 Å². The van der Waals surface area contributed by atoms with Gasteiger partial charge in [0, 0.05) is 39.6 Å². The third kappa shape index (κ3) is 2.71. The molecule has 1 aliphatic heterocycles. The van der Waals surface area contributed by atoms with E-state index in [0.717, 1.165) is 36.8 Å². The quantitative estimate of drug-likeness (QED) is 0.850. The SMILES string of the molecule is CC(C)n1cnc2c1[C@H](C(=O)N(C)C)N(CC1CC1)CC2. The molecule has 1 aliphatic carbocycles. The number of amides is 1. The van der Waals surface area contributed by atoms with Gasteiger partial charge >= 0.3 is 0 Å². The Morgan fingerprint density at radius 1 is 1.43 bits per heavy atom. The lowest BCUT2D eigenvalue weighted by molar-refractivity contribution is -0.135. The molecule has 21 heavy (non-hydrogen) atoms. The highest BCUT2D eigenvalue weighted by atomic mass is 16.2. The number of hydrogen-bond acceptors (Lipinski definition) is 3. The summed E-state index contributed by atoms with van der Waals surface area (Å²) in [6, 6.07) is 0.175. The Bertz CT molecular complexity index is 530. The van der Waals surface area contributed by atoms with E-state index in [4.69, 9.17) is 0 Å². The number of carbonyl (C=O) groups is 1. The number of rotatable bonds is 4. The molecule has 0 spiro atoms. The van der Waals surface area contributed by atoms with Crippen molar-refractivity contribution in [1.82, 2.24) is 19.4 Å². The lowest BCUT2D eigenvalue weighted by Crippen LogP contribution is -2.45. The summed E-state index contributed by atoms with van der Waals surface area (Å²) < 4.78 is 2.18. The van der Waals surface area contributed by atoms with Crippen molar-refractivity contribution < 1.29 is 4.79 Å². The number of fused-ring (bicyclic) bond motifs is 1. The van der Waals surface area contributed by atoms with Crippen molar-refractivity contribution in [3.05, 3.63) is 17.7 Å². The molecule has 1 atom stereocenters. The largest absolute Gasteiger partial charge is 0.347 e. The predicted octanol–water partition coefficient (Wildman–Crippen LogP) is 1.86. The molecular weight excluding hydrogens is 264 g/mol. The fourth-order valence-electron chi connectivity index (χ4n) is 3.21. The highest BCUT2D eigenvalue weighted by molar-refractivity contribution is 5.83. The van der Waals surface area contributed by atoms with Crippen LogP contribution < -0.4 is 0 Å². The average Bonchev–Trinajstić information content (AvgIpc) is 3.13. The van der Waals surface area contributed by atoms with Gasteiger partial charge in [-0.15, -0.1) is 0 Å². The maximum atomic E-state index is 12.8. The molecule has 1 aromatic heterocycles. The Kier molecular flexibility index (Phi) is 3.78. The second-order valence-electron chi connectivity index (χ2n) is 6.90. The summed E-state index contributed by atoms with van der Waals surface area (Å²) in [6.07, 6.45) is 5.50. The van der Waals surface area contributed by atoms with Crippen molar-refractivity contribution in [2.24, 2.45) is 5.92 Å². The van der Waals surface area contributed by atoms with Crippen LogP contribution in [-0.2, 0) is 11.2 Å². The first kappa shape index (κ1) is 14.6. The smallest absolute Gasteiger partial charge is 0.245 e. The topological polar surface area (TPSA) is 41.4 Å². The summed E-state index contributed by atoms with van der Waals surface area (Å²) >= 11 is 0. The molecule has 1 fully saturated rings. The summed E-state index contributed by atoms with van der Waals surface area (Å²) in [5.74, 6) is 0.971. The van der Waals surface area contributed by atoms with E-state index in [1.165, 1.54) is 12.8 Å². The summed E-state index contributed by atoms with van der Waals surface area (Å²) in [5.41, 5.74) is 2.23. The van der Waals surface area contributed by atoms with E-state index in [9.17, 15) is 4.79 Å². The molecule has 0 aromatic carbocycles. The van der Waals surface area contributed by atoms with Crippen molar-refractivity contribution in [3.8, 4) is 0 Å². The second-order valence-corrected chi connectivity index (χ2v) is 6.90. The molecule has 0 radical (unpaired) electrons. The van der Waals surface area contributed by atoms with Crippen LogP contribution in [0.25, 0.3) is 0 Å². The van der Waals surface area contributed by atoms with Gasteiger partial charge in [0.05, 0.1) is 17.7 Å². The third-order valence-corrected chi connectivity index (χ3v) is 4.59. The molecule has 0 unspecified atom stereocenters. The Morgan fingerprint density at radius 3 is 2.71 bits per heavy atom. The van der Waals surface area contributed by atoms with Gasteiger partial charge in [-0.05, 0) is 32.6 Å². The molecular formula is C16H26N4O. The van der Waals surface area contributed by atoms with E-state index in [1.807, 2.05) is 20.4 Å². The third-order valence-electron chi connectivity index (χ3n) is 4.59. The molecule has 1 saturated carbocycles. The molecule has 0 N–H and O–H groups in total. The van der Waals surface area contributed by atoms with E-state index >= 15 is 0 Å². The van der Waals surface area contributed by atoms with Crippen LogP contribution >= 0.6 is 0 Å². The zero-order valence-electron chi connectivity index (χ0n) is 13.5. The Hall–Kier alpha value is -1.36. The van der Waals surface area contributed by atoms with Crippen molar-refractivity contribution in [2.45, 2.75) is 45.2 Å². The van der Waals surface area contributed by atoms with Crippen molar-refractivity contribution in [1.29, 1.82) is 0 Å². The molecule has 116 valence electrons. The Labute approximate surface area is 126 Å². The van der Waals surface area contributed by atoms with Gasteiger partial charge in [-0.1, -0.05) is 0 Å². The van der Waals surface area contributed by atoms with E-state index in [0.29, 0.717) is 6.04 Å². The molecule has 0 saturated heterocycles. The van der Waals surface area contributed by atoms with Crippen molar-refractivity contribution in [3.63, 3.8) is 0 Å². The van der Waals surface area contributed by atoms with Crippen LogP contribution in [0.4, 0.5) is 0 Å². The number of nitrogens with zero attached hydrogens (tertiary/aromatic N) is 4. The molecule has 5 nitrogen and oxygen atoms in total. The minimum absolute atomic E-state index is 0.158. The molecule has 0 bridgehead atoms. The predicted molar refractivity (Wildman–Crippen MR) is 82.0 cm³/mol. The van der Waals surface area contributed by atoms with Crippen molar-refractivity contribution in [2.75, 3.05) is 27.2 Å². The molecule has 5 heteroatoms. The maximum absolute atomic E-state index is 12.8. The first-order chi connectivity index (χ1) is 9.99. The van der Waals surface area contributed by atoms with Gasteiger partial charge in [0.25, 0.3) is 0 Å². The number of aromatic nitrogens is 2. The zero-order valence-corrected chi connectivity index (χ0v) is 13.5. The summed E-state index contributed by atoms with van der Waals surface area (Å²) in [5, 5.41) is 0. The van der Waals surface area contributed by atoms with E-state index < -0.39 is 0 Å². The molecule has 3 rings (SSSR count). The Balaban J connectivity index is 1.98. The normalized spacial score (nSPS) is 22.4. The van der Waals surface area contributed by atoms with Crippen LogP contribution in [0.15, 0.2) is 6.33 Å². The minimum Gasteiger partial charge on any atom is -0.347 e. The van der Waals surface area contributed by atoms with E-state index in [1.54, 1.807) is 4.90 Å². The van der Waals surface area contributed by atoms with Gasteiger partial charge in [0.1, 0.15) is 6.04 Å². The number of hydrogen-bond donors (Lipinski definition) is 0. The van der Waals surface area contributed by atoms with Gasteiger partial charge in [0.2, 0.25) is 5.91 Å². The van der Waals surface area contributed by atoms with Gasteiger partial charge in [0.15, 0.2) is 0 Å². The monoisotopic (exact) mass is 290 g/mol. The summed E-state index contributed by atoms with van der Waals surface area (Å²) in [7, 11) is 3.70. The van der Waals surface area contributed by atoms with Gasteiger partial charge < -0.3 is 9.47 Å². The van der Waals surface area contributed by atoms with Crippen LogP contribution in [0.3, 0.4) is 0 Å². The molecule has 1 amide bonds. The highest BCUT2D eigenvalue weighted by Gasteiger charge is 2.39. The van der Waals surface area contributed by atoms with Gasteiger partial charge in [-0.2, -0.15) is 0 Å².